The molecule has 6 nitrogen and oxygen atoms in total. The quantitative estimate of drug-likeness (QED) is 0.877. The van der Waals surface area contributed by atoms with E-state index >= 15 is 0 Å². The molecule has 0 saturated carbocycles. The molecule has 4 rings (SSSR count). The van der Waals surface area contributed by atoms with Gasteiger partial charge in [-0.1, -0.05) is 17.7 Å². The van der Waals surface area contributed by atoms with Crippen molar-refractivity contribution in [3.8, 4) is 0 Å². The van der Waals surface area contributed by atoms with Gasteiger partial charge >= 0.3 is 6.03 Å². The van der Waals surface area contributed by atoms with Crippen LogP contribution in [0.15, 0.2) is 24.3 Å². The Kier molecular flexibility index (Phi) is 4.33. The van der Waals surface area contributed by atoms with E-state index in [4.69, 9.17) is 16.3 Å². The number of carbonyl (C=O) groups excluding carboxylic acids is 2. The van der Waals surface area contributed by atoms with E-state index in [0.717, 1.165) is 31.6 Å². The second kappa shape index (κ2) is 6.50. The van der Waals surface area contributed by atoms with Crippen molar-refractivity contribution in [3.63, 3.8) is 0 Å². The smallest absolute Gasteiger partial charge is 0.317 e. The molecule has 1 aromatic carbocycles. The zero-order chi connectivity index (χ0) is 17.4. The van der Waals surface area contributed by atoms with E-state index in [1.54, 1.807) is 17.0 Å². The van der Waals surface area contributed by atoms with Crippen molar-refractivity contribution in [2.45, 2.75) is 37.3 Å². The summed E-state index contributed by atoms with van der Waals surface area (Å²) in [5, 5.41) is 3.60. The molecule has 3 fully saturated rings. The summed E-state index contributed by atoms with van der Waals surface area (Å²) in [6.45, 7) is 2.75. The number of anilines is 1. The first-order chi connectivity index (χ1) is 12.0. The van der Waals surface area contributed by atoms with Crippen LogP contribution in [0.3, 0.4) is 0 Å². The number of carbonyl (C=O) groups is 2. The normalized spacial score (nSPS) is 25.2. The van der Waals surface area contributed by atoms with Gasteiger partial charge in [0.25, 0.3) is 0 Å². The molecule has 0 aromatic heterocycles. The number of rotatable bonds is 2. The number of nitrogens with one attached hydrogen (secondary N) is 1. The third-order valence-electron chi connectivity index (χ3n) is 5.50. The minimum atomic E-state index is -0.171. The van der Waals surface area contributed by atoms with Gasteiger partial charge in [0.05, 0.1) is 18.2 Å². The summed E-state index contributed by atoms with van der Waals surface area (Å²) in [6.07, 6.45) is 3.23. The lowest BCUT2D eigenvalue weighted by Gasteiger charge is -2.47. The molecule has 0 unspecified atom stereocenters. The number of ether oxygens (including phenoxy) is 1. The molecule has 3 amide bonds. The van der Waals surface area contributed by atoms with Crippen LogP contribution in [0.4, 0.5) is 10.5 Å². The first-order valence-corrected chi connectivity index (χ1v) is 9.18. The second-order valence-corrected chi connectivity index (χ2v) is 7.54. The van der Waals surface area contributed by atoms with Crippen molar-refractivity contribution in [3.05, 3.63) is 29.3 Å². The molecule has 3 aliphatic rings. The third kappa shape index (κ3) is 3.33. The Morgan fingerprint density at radius 3 is 2.68 bits per heavy atom. The minimum Gasteiger partial charge on any atom is -0.375 e. The first kappa shape index (κ1) is 16.7. The van der Waals surface area contributed by atoms with Crippen LogP contribution in [0.25, 0.3) is 0 Å². The summed E-state index contributed by atoms with van der Waals surface area (Å²) >= 11 is 6.01. The molecule has 0 bridgehead atoms. The Bertz CT molecular complexity index is 682. The van der Waals surface area contributed by atoms with Crippen LogP contribution < -0.4 is 10.2 Å². The molecule has 25 heavy (non-hydrogen) atoms. The lowest BCUT2D eigenvalue weighted by molar-refractivity contribution is -0.169. The van der Waals surface area contributed by atoms with Gasteiger partial charge in [-0.2, -0.15) is 0 Å². The van der Waals surface area contributed by atoms with Gasteiger partial charge in [-0.25, -0.2) is 4.79 Å². The van der Waals surface area contributed by atoms with Crippen LogP contribution in [0.5, 0.6) is 0 Å². The van der Waals surface area contributed by atoms with Gasteiger partial charge in [-0.3, -0.25) is 4.79 Å². The van der Waals surface area contributed by atoms with Gasteiger partial charge in [-0.05, 0) is 37.5 Å². The van der Waals surface area contributed by atoms with E-state index in [1.165, 1.54) is 0 Å². The molecular formula is C18H22ClN3O3. The lowest BCUT2D eigenvalue weighted by Crippen LogP contribution is -2.56. The van der Waals surface area contributed by atoms with E-state index < -0.39 is 0 Å². The zero-order valence-corrected chi connectivity index (χ0v) is 14.8. The molecular weight excluding hydrogens is 342 g/mol. The van der Waals surface area contributed by atoms with Crippen molar-refractivity contribution in [2.75, 3.05) is 31.1 Å². The number of hydrogen-bond donors (Lipinski definition) is 1. The Hall–Kier alpha value is -1.79. The third-order valence-corrected chi connectivity index (χ3v) is 5.74. The summed E-state index contributed by atoms with van der Waals surface area (Å²) in [4.78, 5) is 28.3. The van der Waals surface area contributed by atoms with Gasteiger partial charge in [-0.15, -0.1) is 0 Å². The summed E-state index contributed by atoms with van der Waals surface area (Å²) in [6, 6.07) is 6.97. The molecule has 134 valence electrons. The molecule has 3 saturated heterocycles. The number of hydrogen-bond acceptors (Lipinski definition) is 3. The predicted molar refractivity (Wildman–Crippen MR) is 94.8 cm³/mol. The molecule has 1 aromatic rings. The molecule has 3 heterocycles. The van der Waals surface area contributed by atoms with Crippen LogP contribution in [-0.2, 0) is 9.53 Å². The Labute approximate surface area is 152 Å². The first-order valence-electron chi connectivity index (χ1n) is 8.80. The second-order valence-electron chi connectivity index (χ2n) is 7.10. The Morgan fingerprint density at radius 1 is 1.28 bits per heavy atom. The number of benzene rings is 1. The number of urea groups is 1. The Morgan fingerprint density at radius 2 is 2.04 bits per heavy atom. The summed E-state index contributed by atoms with van der Waals surface area (Å²) in [7, 11) is 0. The molecule has 1 N–H and O–H groups in total. The van der Waals surface area contributed by atoms with Gasteiger partial charge in [0, 0.05) is 36.8 Å². The minimum absolute atomic E-state index is 0.00744. The Balaban J connectivity index is 1.32. The molecule has 0 radical (unpaired) electrons. The fraction of sp³-hybridized carbons (Fsp3) is 0.556. The number of likely N-dealkylation sites (tertiary alicyclic amines) is 1. The fourth-order valence-electron chi connectivity index (χ4n) is 3.87. The largest absolute Gasteiger partial charge is 0.375 e. The molecule has 3 aliphatic heterocycles. The molecule has 1 spiro atoms. The summed E-state index contributed by atoms with van der Waals surface area (Å²) < 4.78 is 5.69. The van der Waals surface area contributed by atoms with Crippen molar-refractivity contribution in [1.29, 1.82) is 0 Å². The highest BCUT2D eigenvalue weighted by atomic mass is 35.5. The van der Waals surface area contributed by atoms with E-state index in [-0.39, 0.29) is 23.6 Å². The number of halogens is 1. The maximum absolute atomic E-state index is 12.5. The van der Waals surface area contributed by atoms with Gasteiger partial charge in [0.15, 0.2) is 0 Å². The van der Waals surface area contributed by atoms with Crippen molar-refractivity contribution < 1.29 is 14.3 Å². The topological polar surface area (TPSA) is 61.9 Å². The highest BCUT2D eigenvalue weighted by molar-refractivity contribution is 6.30. The highest BCUT2D eigenvalue weighted by Crippen LogP contribution is 2.36. The van der Waals surface area contributed by atoms with Crippen molar-refractivity contribution in [2.24, 2.45) is 0 Å². The van der Waals surface area contributed by atoms with Crippen molar-refractivity contribution >= 4 is 29.2 Å². The zero-order valence-electron chi connectivity index (χ0n) is 14.0. The molecule has 7 heteroatoms. The molecule has 1 atom stereocenters. The standard InChI is InChI=1S/C18H22ClN3O3/c19-13-2-1-3-15(10-13)22-12-14(11-16(22)23)20-17(24)21-7-4-18(5-8-21)6-9-25-18/h1-3,10,14H,4-9,11-12H2,(H,20,24)/t14-/m1/s1. The predicted octanol–water partition coefficient (Wildman–Crippen LogP) is 2.41. The maximum atomic E-state index is 12.5. The van der Waals surface area contributed by atoms with Gasteiger partial charge in [0.1, 0.15) is 0 Å². The SMILES string of the molecule is O=C(N[C@@H]1CC(=O)N(c2cccc(Cl)c2)C1)N1CCC2(CCO2)CC1. The average molecular weight is 364 g/mol. The highest BCUT2D eigenvalue weighted by Gasteiger charge is 2.42. The van der Waals surface area contributed by atoms with Crippen LogP contribution in [0, 0.1) is 0 Å². The van der Waals surface area contributed by atoms with Crippen LogP contribution in [0.2, 0.25) is 5.02 Å². The van der Waals surface area contributed by atoms with Crippen LogP contribution in [-0.4, -0.2) is 54.7 Å². The van der Waals surface area contributed by atoms with Crippen LogP contribution >= 0.6 is 11.6 Å². The van der Waals surface area contributed by atoms with Gasteiger partial charge in [0.2, 0.25) is 5.91 Å². The number of nitrogens with zero attached hydrogens (tertiary/aromatic N) is 2. The monoisotopic (exact) mass is 363 g/mol. The van der Waals surface area contributed by atoms with Gasteiger partial charge < -0.3 is 19.9 Å². The van der Waals surface area contributed by atoms with E-state index in [0.29, 0.717) is 31.1 Å². The average Bonchev–Trinajstić information content (AvgIpc) is 2.94. The van der Waals surface area contributed by atoms with E-state index in [1.807, 2.05) is 17.0 Å². The summed E-state index contributed by atoms with van der Waals surface area (Å²) in [5.41, 5.74) is 0.806. The van der Waals surface area contributed by atoms with Crippen LogP contribution in [0.1, 0.15) is 25.7 Å². The number of amides is 3. The summed E-state index contributed by atoms with van der Waals surface area (Å²) in [5.74, 6) is 0.00744. The van der Waals surface area contributed by atoms with Crippen molar-refractivity contribution in [1.82, 2.24) is 10.2 Å². The van der Waals surface area contributed by atoms with E-state index in [9.17, 15) is 9.59 Å². The fourth-order valence-corrected chi connectivity index (χ4v) is 4.05. The van der Waals surface area contributed by atoms with E-state index in [2.05, 4.69) is 5.32 Å². The molecule has 0 aliphatic carbocycles. The number of piperidine rings is 1. The maximum Gasteiger partial charge on any atom is 0.317 e. The lowest BCUT2D eigenvalue weighted by atomic mass is 9.84.